The molecular weight excluding hydrogens is 312 g/mol. The Bertz CT molecular complexity index is 725. The van der Waals surface area contributed by atoms with Crippen molar-refractivity contribution < 1.29 is 4.79 Å². The lowest BCUT2D eigenvalue weighted by molar-refractivity contribution is 0.0777. The molecule has 25 heavy (non-hydrogen) atoms. The molecule has 1 N–H and O–H groups in total. The molecule has 0 aliphatic carbocycles. The van der Waals surface area contributed by atoms with Crippen LogP contribution in [0.3, 0.4) is 0 Å². The third-order valence-corrected chi connectivity index (χ3v) is 4.75. The Morgan fingerprint density at radius 2 is 1.84 bits per heavy atom. The van der Waals surface area contributed by atoms with E-state index in [1.807, 2.05) is 24.8 Å². The van der Waals surface area contributed by atoms with Gasteiger partial charge >= 0.3 is 0 Å². The van der Waals surface area contributed by atoms with Crippen molar-refractivity contribution in [2.45, 2.75) is 39.7 Å². The van der Waals surface area contributed by atoms with Gasteiger partial charge in [0.15, 0.2) is 0 Å². The van der Waals surface area contributed by atoms with Crippen LogP contribution in [-0.4, -0.2) is 39.9 Å². The summed E-state index contributed by atoms with van der Waals surface area (Å²) in [7, 11) is 0. The highest BCUT2D eigenvalue weighted by Crippen LogP contribution is 2.42. The SMILES string of the molecule is CC(C)Nc1ncc(C(=O)N2C[C@H](c3ccccc3)C(C)(C)C2)cn1. The molecule has 1 fully saturated rings. The summed E-state index contributed by atoms with van der Waals surface area (Å²) in [4.78, 5) is 23.3. The monoisotopic (exact) mass is 338 g/mol. The number of hydrogen-bond donors (Lipinski definition) is 1. The van der Waals surface area contributed by atoms with E-state index in [9.17, 15) is 4.79 Å². The van der Waals surface area contributed by atoms with Crippen LogP contribution in [0.4, 0.5) is 5.95 Å². The van der Waals surface area contributed by atoms with Crippen molar-refractivity contribution in [3.8, 4) is 0 Å². The fraction of sp³-hybridized carbons (Fsp3) is 0.450. The molecular formula is C20H26N4O. The van der Waals surface area contributed by atoms with Gasteiger partial charge in [-0.15, -0.1) is 0 Å². The fourth-order valence-corrected chi connectivity index (χ4v) is 3.48. The van der Waals surface area contributed by atoms with Crippen LogP contribution in [-0.2, 0) is 0 Å². The minimum atomic E-state index is 0.00241. The number of likely N-dealkylation sites (tertiary alicyclic amines) is 1. The van der Waals surface area contributed by atoms with Crippen LogP contribution in [0.25, 0.3) is 0 Å². The van der Waals surface area contributed by atoms with Crippen molar-refractivity contribution in [3.63, 3.8) is 0 Å². The van der Waals surface area contributed by atoms with Gasteiger partial charge in [0, 0.05) is 37.4 Å². The first-order chi connectivity index (χ1) is 11.9. The number of hydrogen-bond acceptors (Lipinski definition) is 4. The van der Waals surface area contributed by atoms with Crippen LogP contribution in [0.1, 0.15) is 49.5 Å². The van der Waals surface area contributed by atoms with Gasteiger partial charge in [0.2, 0.25) is 5.95 Å². The number of amides is 1. The zero-order valence-corrected chi connectivity index (χ0v) is 15.4. The summed E-state index contributed by atoms with van der Waals surface area (Å²) in [5.74, 6) is 0.888. The second-order valence-electron chi connectivity index (χ2n) is 7.73. The summed E-state index contributed by atoms with van der Waals surface area (Å²) in [6, 6.07) is 10.7. The molecule has 1 aromatic heterocycles. The molecule has 1 aliphatic heterocycles. The van der Waals surface area contributed by atoms with Gasteiger partial charge in [-0.1, -0.05) is 44.2 Å². The molecule has 0 saturated carbocycles. The molecule has 1 amide bonds. The lowest BCUT2D eigenvalue weighted by Gasteiger charge is -2.25. The first-order valence-electron chi connectivity index (χ1n) is 8.79. The van der Waals surface area contributed by atoms with Gasteiger partial charge in [0.1, 0.15) is 0 Å². The molecule has 0 bridgehead atoms. The van der Waals surface area contributed by atoms with Crippen LogP contribution in [0.5, 0.6) is 0 Å². The topological polar surface area (TPSA) is 58.1 Å². The van der Waals surface area contributed by atoms with Crippen LogP contribution in [0.2, 0.25) is 0 Å². The standard InChI is InChI=1S/C20H26N4O/c1-14(2)23-19-21-10-16(11-22-19)18(25)24-12-17(20(3,4)13-24)15-8-6-5-7-9-15/h5-11,14,17H,12-13H2,1-4H3,(H,21,22,23)/t17-/m1/s1. The predicted molar refractivity (Wildman–Crippen MR) is 99.7 cm³/mol. The summed E-state index contributed by atoms with van der Waals surface area (Å²) < 4.78 is 0. The number of anilines is 1. The maximum atomic E-state index is 12.9. The largest absolute Gasteiger partial charge is 0.352 e. The lowest BCUT2D eigenvalue weighted by atomic mass is 9.78. The number of nitrogens with zero attached hydrogens (tertiary/aromatic N) is 3. The van der Waals surface area contributed by atoms with Gasteiger partial charge in [-0.2, -0.15) is 0 Å². The Balaban J connectivity index is 1.75. The van der Waals surface area contributed by atoms with Gasteiger partial charge in [-0.3, -0.25) is 4.79 Å². The van der Waals surface area contributed by atoms with Crippen LogP contribution >= 0.6 is 0 Å². The summed E-state index contributed by atoms with van der Waals surface area (Å²) in [5, 5.41) is 3.13. The zero-order valence-electron chi connectivity index (χ0n) is 15.4. The van der Waals surface area contributed by atoms with E-state index in [-0.39, 0.29) is 17.4 Å². The molecule has 0 spiro atoms. The lowest BCUT2D eigenvalue weighted by Crippen LogP contribution is -2.30. The Morgan fingerprint density at radius 1 is 1.20 bits per heavy atom. The number of benzene rings is 1. The molecule has 2 aromatic rings. The Labute approximate surface area is 149 Å². The normalized spacial score (nSPS) is 19.2. The summed E-state index contributed by atoms with van der Waals surface area (Å²) in [6.07, 6.45) is 3.23. The maximum absolute atomic E-state index is 12.9. The van der Waals surface area contributed by atoms with E-state index >= 15 is 0 Å². The van der Waals surface area contributed by atoms with Crippen molar-refractivity contribution in [1.29, 1.82) is 0 Å². The van der Waals surface area contributed by atoms with Crippen molar-refractivity contribution in [2.75, 3.05) is 18.4 Å². The molecule has 1 saturated heterocycles. The highest BCUT2D eigenvalue weighted by atomic mass is 16.2. The van der Waals surface area contributed by atoms with E-state index < -0.39 is 0 Å². The van der Waals surface area contributed by atoms with E-state index in [0.29, 0.717) is 17.4 Å². The number of aromatic nitrogens is 2. The smallest absolute Gasteiger partial charge is 0.257 e. The van der Waals surface area contributed by atoms with E-state index in [1.54, 1.807) is 12.4 Å². The molecule has 1 aromatic carbocycles. The van der Waals surface area contributed by atoms with Gasteiger partial charge in [-0.05, 0) is 24.8 Å². The third-order valence-electron chi connectivity index (χ3n) is 4.75. The number of carbonyl (C=O) groups excluding carboxylic acids is 1. The first kappa shape index (κ1) is 17.4. The molecule has 1 aliphatic rings. The minimum absolute atomic E-state index is 0.00241. The van der Waals surface area contributed by atoms with Gasteiger partial charge in [0.05, 0.1) is 5.56 Å². The highest BCUT2D eigenvalue weighted by Gasteiger charge is 2.42. The second-order valence-corrected chi connectivity index (χ2v) is 7.73. The molecule has 2 heterocycles. The molecule has 132 valence electrons. The highest BCUT2D eigenvalue weighted by molar-refractivity contribution is 5.94. The number of nitrogens with one attached hydrogen (secondary N) is 1. The maximum Gasteiger partial charge on any atom is 0.257 e. The van der Waals surface area contributed by atoms with Crippen LogP contribution in [0, 0.1) is 5.41 Å². The van der Waals surface area contributed by atoms with Crippen LogP contribution < -0.4 is 5.32 Å². The van der Waals surface area contributed by atoms with Crippen molar-refractivity contribution in [2.24, 2.45) is 5.41 Å². The Morgan fingerprint density at radius 3 is 2.44 bits per heavy atom. The molecule has 0 unspecified atom stereocenters. The quantitative estimate of drug-likeness (QED) is 0.926. The predicted octanol–water partition coefficient (Wildman–Crippen LogP) is 3.56. The number of rotatable bonds is 4. The zero-order chi connectivity index (χ0) is 18.0. The van der Waals surface area contributed by atoms with Gasteiger partial charge in [-0.25, -0.2) is 9.97 Å². The van der Waals surface area contributed by atoms with E-state index in [4.69, 9.17) is 0 Å². The van der Waals surface area contributed by atoms with Crippen LogP contribution in [0.15, 0.2) is 42.7 Å². The Hall–Kier alpha value is -2.43. The van der Waals surface area contributed by atoms with E-state index in [2.05, 4.69) is 53.4 Å². The second kappa shape index (κ2) is 6.82. The van der Waals surface area contributed by atoms with E-state index in [1.165, 1.54) is 5.56 Å². The molecule has 5 heteroatoms. The summed E-state index contributed by atoms with van der Waals surface area (Å²) in [6.45, 7) is 9.96. The number of carbonyl (C=O) groups is 1. The molecule has 3 rings (SSSR count). The van der Waals surface area contributed by atoms with Crippen molar-refractivity contribution in [3.05, 3.63) is 53.9 Å². The fourth-order valence-electron chi connectivity index (χ4n) is 3.48. The first-order valence-corrected chi connectivity index (χ1v) is 8.79. The van der Waals surface area contributed by atoms with Gasteiger partial charge < -0.3 is 10.2 Å². The molecule has 5 nitrogen and oxygen atoms in total. The Kier molecular flexibility index (Phi) is 4.75. The van der Waals surface area contributed by atoms with Crippen molar-refractivity contribution in [1.82, 2.24) is 14.9 Å². The van der Waals surface area contributed by atoms with Crippen molar-refractivity contribution >= 4 is 11.9 Å². The minimum Gasteiger partial charge on any atom is -0.352 e. The molecule has 0 radical (unpaired) electrons. The third kappa shape index (κ3) is 3.81. The molecule has 1 atom stereocenters. The van der Waals surface area contributed by atoms with Gasteiger partial charge in [0.25, 0.3) is 5.91 Å². The van der Waals surface area contributed by atoms with E-state index in [0.717, 1.165) is 13.1 Å². The summed E-state index contributed by atoms with van der Waals surface area (Å²) in [5.41, 5.74) is 1.87. The summed E-state index contributed by atoms with van der Waals surface area (Å²) >= 11 is 0. The average molecular weight is 338 g/mol. The average Bonchev–Trinajstić information content (AvgIpc) is 2.90.